The Morgan fingerprint density at radius 1 is 1.05 bits per heavy atom. The molecule has 19 heavy (non-hydrogen) atoms. The van der Waals surface area contributed by atoms with Crippen molar-refractivity contribution in [3.8, 4) is 5.75 Å². The van der Waals surface area contributed by atoms with Gasteiger partial charge >= 0.3 is 0 Å². The van der Waals surface area contributed by atoms with Gasteiger partial charge in [0.05, 0.1) is 6.61 Å². The zero-order chi connectivity index (χ0) is 13.5. The number of benzene rings is 2. The Morgan fingerprint density at radius 3 is 2.58 bits per heavy atom. The maximum absolute atomic E-state index is 5.70. The summed E-state index contributed by atoms with van der Waals surface area (Å²) in [5.74, 6) is 0.836. The highest BCUT2D eigenvalue weighted by atomic mass is 16.5. The highest BCUT2D eigenvalue weighted by Crippen LogP contribution is 2.15. The van der Waals surface area contributed by atoms with Crippen LogP contribution < -0.4 is 15.4 Å². The summed E-state index contributed by atoms with van der Waals surface area (Å²) in [6, 6.07) is 17.9. The van der Waals surface area contributed by atoms with Gasteiger partial charge in [-0.2, -0.15) is 0 Å². The number of hydrogen-bond acceptors (Lipinski definition) is 3. The molecule has 0 unspecified atom stereocenters. The summed E-state index contributed by atoms with van der Waals surface area (Å²) < 4.78 is 5.67. The lowest BCUT2D eigenvalue weighted by molar-refractivity contribution is 0.313. The molecule has 0 spiro atoms. The van der Waals surface area contributed by atoms with Crippen LogP contribution in [0.3, 0.4) is 0 Å². The number of hydrogen-bond donors (Lipinski definition) is 1. The van der Waals surface area contributed by atoms with E-state index in [1.54, 1.807) is 0 Å². The zero-order valence-electron chi connectivity index (χ0n) is 11.3. The smallest absolute Gasteiger partial charge is 0.121 e. The van der Waals surface area contributed by atoms with E-state index in [4.69, 9.17) is 10.5 Å². The minimum atomic E-state index is 0.695. The molecule has 0 bridgehead atoms. The Bertz CT molecular complexity index is 499. The molecule has 0 aliphatic heterocycles. The van der Waals surface area contributed by atoms with E-state index < -0.39 is 0 Å². The molecule has 0 atom stereocenters. The molecule has 0 aliphatic carbocycles. The normalized spacial score (nSPS) is 10.2. The summed E-state index contributed by atoms with van der Waals surface area (Å²) in [7, 11) is 2.09. The number of para-hydroxylation sites is 1. The van der Waals surface area contributed by atoms with Gasteiger partial charge in [-0.15, -0.1) is 0 Å². The quantitative estimate of drug-likeness (QED) is 0.637. The molecule has 2 aromatic carbocycles. The van der Waals surface area contributed by atoms with Crippen LogP contribution in [0, 0.1) is 0 Å². The topological polar surface area (TPSA) is 38.5 Å². The predicted octanol–water partition coefficient (Wildman–Crippen LogP) is 3.17. The van der Waals surface area contributed by atoms with Crippen LogP contribution in [-0.4, -0.2) is 20.2 Å². The maximum Gasteiger partial charge on any atom is 0.121 e. The monoisotopic (exact) mass is 256 g/mol. The molecule has 3 nitrogen and oxygen atoms in total. The third-order valence-electron chi connectivity index (χ3n) is 2.96. The van der Waals surface area contributed by atoms with Crippen LogP contribution in [0.4, 0.5) is 11.4 Å². The van der Waals surface area contributed by atoms with Crippen molar-refractivity contribution in [3.63, 3.8) is 0 Å². The second-order valence-corrected chi connectivity index (χ2v) is 4.53. The van der Waals surface area contributed by atoms with Crippen molar-refractivity contribution >= 4 is 11.4 Å². The SMILES string of the molecule is CN(CCCOc1cccc(N)c1)c1ccccc1. The third kappa shape index (κ3) is 4.21. The summed E-state index contributed by atoms with van der Waals surface area (Å²) in [6.07, 6.45) is 0.972. The van der Waals surface area contributed by atoms with Crippen LogP contribution in [0.1, 0.15) is 6.42 Å². The molecule has 0 heterocycles. The highest BCUT2D eigenvalue weighted by molar-refractivity contribution is 5.45. The summed E-state index contributed by atoms with van der Waals surface area (Å²) in [4.78, 5) is 2.22. The third-order valence-corrected chi connectivity index (χ3v) is 2.96. The number of nitrogens with two attached hydrogens (primary N) is 1. The summed E-state index contributed by atoms with van der Waals surface area (Å²) in [5, 5.41) is 0. The first-order valence-electron chi connectivity index (χ1n) is 6.50. The lowest BCUT2D eigenvalue weighted by Crippen LogP contribution is -2.20. The fourth-order valence-corrected chi connectivity index (χ4v) is 1.91. The molecule has 0 amide bonds. The lowest BCUT2D eigenvalue weighted by Gasteiger charge is -2.19. The highest BCUT2D eigenvalue weighted by Gasteiger charge is 2.00. The Balaban J connectivity index is 1.72. The molecule has 2 N–H and O–H groups in total. The van der Waals surface area contributed by atoms with Gasteiger partial charge < -0.3 is 15.4 Å². The number of nitrogens with zero attached hydrogens (tertiary/aromatic N) is 1. The first kappa shape index (κ1) is 13.3. The van der Waals surface area contributed by atoms with E-state index in [2.05, 4.69) is 36.2 Å². The van der Waals surface area contributed by atoms with Gasteiger partial charge in [0.25, 0.3) is 0 Å². The van der Waals surface area contributed by atoms with Crippen LogP contribution in [0.2, 0.25) is 0 Å². The molecule has 3 heteroatoms. The van der Waals surface area contributed by atoms with E-state index in [0.717, 1.165) is 24.4 Å². The van der Waals surface area contributed by atoms with Crippen LogP contribution in [0.25, 0.3) is 0 Å². The van der Waals surface area contributed by atoms with Crippen LogP contribution in [-0.2, 0) is 0 Å². The molecule has 2 rings (SSSR count). The largest absolute Gasteiger partial charge is 0.493 e. The summed E-state index contributed by atoms with van der Waals surface area (Å²) in [5.41, 5.74) is 7.66. The Kier molecular flexibility index (Phi) is 4.67. The molecule has 2 aromatic rings. The predicted molar refractivity (Wildman–Crippen MR) is 80.7 cm³/mol. The van der Waals surface area contributed by atoms with E-state index in [-0.39, 0.29) is 0 Å². The van der Waals surface area contributed by atoms with E-state index in [9.17, 15) is 0 Å². The fourth-order valence-electron chi connectivity index (χ4n) is 1.91. The molecular weight excluding hydrogens is 236 g/mol. The molecule has 0 aliphatic rings. The molecule has 0 fully saturated rings. The van der Waals surface area contributed by atoms with Crippen molar-refractivity contribution in [1.29, 1.82) is 0 Å². The average molecular weight is 256 g/mol. The lowest BCUT2D eigenvalue weighted by atomic mass is 10.3. The number of anilines is 2. The van der Waals surface area contributed by atoms with Crippen molar-refractivity contribution in [2.24, 2.45) is 0 Å². The van der Waals surface area contributed by atoms with Crippen LogP contribution >= 0.6 is 0 Å². The van der Waals surface area contributed by atoms with E-state index in [1.807, 2.05) is 30.3 Å². The second kappa shape index (κ2) is 6.69. The molecular formula is C16H20N2O. The van der Waals surface area contributed by atoms with Gasteiger partial charge in [-0.1, -0.05) is 24.3 Å². The van der Waals surface area contributed by atoms with Crippen molar-refractivity contribution in [2.45, 2.75) is 6.42 Å². The van der Waals surface area contributed by atoms with Crippen molar-refractivity contribution < 1.29 is 4.74 Å². The second-order valence-electron chi connectivity index (χ2n) is 4.53. The van der Waals surface area contributed by atoms with Gasteiger partial charge in [0.2, 0.25) is 0 Å². The maximum atomic E-state index is 5.70. The molecule has 100 valence electrons. The van der Waals surface area contributed by atoms with Gasteiger partial charge in [0.15, 0.2) is 0 Å². The van der Waals surface area contributed by atoms with Gasteiger partial charge in [-0.05, 0) is 30.7 Å². The van der Waals surface area contributed by atoms with Gasteiger partial charge in [0, 0.05) is 31.0 Å². The average Bonchev–Trinajstić information content (AvgIpc) is 2.44. The first-order valence-corrected chi connectivity index (χ1v) is 6.50. The van der Waals surface area contributed by atoms with E-state index in [0.29, 0.717) is 6.61 Å². The standard InChI is InChI=1S/C16H20N2O/c1-18(15-8-3-2-4-9-15)11-6-12-19-16-10-5-7-14(17)13-16/h2-5,7-10,13H,6,11-12,17H2,1H3. The summed E-state index contributed by atoms with van der Waals surface area (Å²) in [6.45, 7) is 1.66. The fraction of sp³-hybridized carbons (Fsp3) is 0.250. The molecule has 0 saturated heterocycles. The Labute approximate surface area is 114 Å². The Morgan fingerprint density at radius 2 is 1.84 bits per heavy atom. The van der Waals surface area contributed by atoms with Crippen molar-refractivity contribution in [3.05, 3.63) is 54.6 Å². The minimum absolute atomic E-state index is 0.695. The first-order chi connectivity index (χ1) is 9.25. The Hall–Kier alpha value is -2.16. The van der Waals surface area contributed by atoms with Crippen molar-refractivity contribution in [2.75, 3.05) is 30.8 Å². The van der Waals surface area contributed by atoms with Gasteiger partial charge in [0.1, 0.15) is 5.75 Å². The number of rotatable bonds is 6. The van der Waals surface area contributed by atoms with E-state index >= 15 is 0 Å². The van der Waals surface area contributed by atoms with Crippen LogP contribution in [0.15, 0.2) is 54.6 Å². The van der Waals surface area contributed by atoms with Crippen molar-refractivity contribution in [1.82, 2.24) is 0 Å². The molecule has 0 radical (unpaired) electrons. The van der Waals surface area contributed by atoms with E-state index in [1.165, 1.54) is 5.69 Å². The van der Waals surface area contributed by atoms with Crippen LogP contribution in [0.5, 0.6) is 5.75 Å². The molecule has 0 aromatic heterocycles. The number of nitrogen functional groups attached to an aromatic ring is 1. The van der Waals surface area contributed by atoms with Gasteiger partial charge in [-0.3, -0.25) is 0 Å². The zero-order valence-corrected chi connectivity index (χ0v) is 11.3. The molecule has 0 saturated carbocycles. The number of ether oxygens (including phenoxy) is 1. The van der Waals surface area contributed by atoms with Gasteiger partial charge in [-0.25, -0.2) is 0 Å². The minimum Gasteiger partial charge on any atom is -0.493 e. The summed E-state index contributed by atoms with van der Waals surface area (Å²) >= 11 is 0.